The van der Waals surface area contributed by atoms with Crippen LogP contribution in [0.2, 0.25) is 0 Å². The average Bonchev–Trinajstić information content (AvgIpc) is 3.04. The van der Waals surface area contributed by atoms with Crippen LogP contribution in [0.3, 0.4) is 0 Å². The number of aryl methyl sites for hydroxylation is 4. The van der Waals surface area contributed by atoms with Crippen molar-refractivity contribution >= 4 is 50.9 Å². The molecule has 9 heteroatoms. The van der Waals surface area contributed by atoms with E-state index < -0.39 is 5.97 Å². The molecule has 0 saturated carbocycles. The lowest BCUT2D eigenvalue weighted by Gasteiger charge is -2.10. The quantitative estimate of drug-likeness (QED) is 0.425. The van der Waals surface area contributed by atoms with Gasteiger partial charge >= 0.3 is 5.97 Å². The highest BCUT2D eigenvalue weighted by Crippen LogP contribution is 2.38. The number of carbonyl (C=O) groups is 2. The van der Waals surface area contributed by atoms with Crippen molar-refractivity contribution in [2.24, 2.45) is 0 Å². The third kappa shape index (κ3) is 4.86. The highest BCUT2D eigenvalue weighted by atomic mass is 32.2. The smallest absolute Gasteiger partial charge is 0.350 e. The lowest BCUT2D eigenvalue weighted by Crippen LogP contribution is -2.17. The zero-order valence-electron chi connectivity index (χ0n) is 18.0. The van der Waals surface area contributed by atoms with Crippen molar-refractivity contribution in [3.63, 3.8) is 0 Å². The Morgan fingerprint density at radius 2 is 1.84 bits per heavy atom. The number of hydrogen-bond acceptors (Lipinski definition) is 8. The van der Waals surface area contributed by atoms with Gasteiger partial charge in [0.05, 0.1) is 23.6 Å². The SMILES string of the molecule is CCOC(=O)c1sc2nc(C)cc(C)c2c1NC(=O)CSc1nc(C)cc(C)c1C#N. The van der Waals surface area contributed by atoms with Crippen molar-refractivity contribution in [3.8, 4) is 6.07 Å². The van der Waals surface area contributed by atoms with Crippen molar-refractivity contribution in [2.45, 2.75) is 39.6 Å². The second kappa shape index (κ2) is 9.45. The summed E-state index contributed by atoms with van der Waals surface area (Å²) in [5, 5.41) is 13.5. The number of nitriles is 1. The first-order chi connectivity index (χ1) is 14.7. The normalized spacial score (nSPS) is 10.7. The van der Waals surface area contributed by atoms with E-state index in [2.05, 4.69) is 21.4 Å². The third-order valence-corrected chi connectivity index (χ3v) is 6.51. The topological polar surface area (TPSA) is 105 Å². The van der Waals surface area contributed by atoms with Crippen LogP contribution in [-0.4, -0.2) is 34.2 Å². The number of amides is 1. The van der Waals surface area contributed by atoms with Gasteiger partial charge in [0, 0.05) is 16.8 Å². The van der Waals surface area contributed by atoms with Crippen molar-refractivity contribution in [1.29, 1.82) is 5.26 Å². The van der Waals surface area contributed by atoms with Crippen molar-refractivity contribution < 1.29 is 14.3 Å². The van der Waals surface area contributed by atoms with E-state index in [1.807, 2.05) is 39.8 Å². The van der Waals surface area contributed by atoms with Crippen molar-refractivity contribution in [1.82, 2.24) is 9.97 Å². The average molecular weight is 455 g/mol. The maximum Gasteiger partial charge on any atom is 0.350 e. The van der Waals surface area contributed by atoms with Gasteiger partial charge in [-0.25, -0.2) is 14.8 Å². The number of rotatable bonds is 6. The molecule has 0 aliphatic carbocycles. The summed E-state index contributed by atoms with van der Waals surface area (Å²) in [6.45, 7) is 9.46. The first-order valence-corrected chi connectivity index (χ1v) is 11.4. The molecule has 0 saturated heterocycles. The first kappa shape index (κ1) is 22.7. The number of pyridine rings is 2. The molecule has 31 heavy (non-hydrogen) atoms. The minimum atomic E-state index is -0.492. The number of anilines is 1. The van der Waals surface area contributed by atoms with Crippen LogP contribution in [0.1, 0.15) is 44.7 Å². The summed E-state index contributed by atoms with van der Waals surface area (Å²) >= 11 is 2.40. The largest absolute Gasteiger partial charge is 0.462 e. The molecule has 0 bridgehead atoms. The Labute approximate surface area is 188 Å². The van der Waals surface area contributed by atoms with Gasteiger partial charge in [0.1, 0.15) is 20.8 Å². The van der Waals surface area contributed by atoms with Crippen molar-refractivity contribution in [3.05, 3.63) is 45.1 Å². The second-order valence-corrected chi connectivity index (χ2v) is 8.96. The summed E-state index contributed by atoms with van der Waals surface area (Å²) in [4.78, 5) is 35.2. The molecule has 0 aromatic carbocycles. The lowest BCUT2D eigenvalue weighted by atomic mass is 10.1. The number of thiophene rings is 1. The molecule has 1 N–H and O–H groups in total. The standard InChI is InChI=1S/C22H22N4O3S2/c1-6-29-22(28)19-18(17-12(3)8-14(5)25-21(17)31-19)26-16(27)10-30-20-15(9-23)11(2)7-13(4)24-20/h7-8H,6,10H2,1-5H3,(H,26,27). The summed E-state index contributed by atoms with van der Waals surface area (Å²) in [5.41, 5.74) is 4.24. The molecular weight excluding hydrogens is 432 g/mol. The first-order valence-electron chi connectivity index (χ1n) is 9.64. The number of aromatic nitrogens is 2. The van der Waals surface area contributed by atoms with E-state index in [0.717, 1.165) is 27.9 Å². The molecule has 160 valence electrons. The van der Waals surface area contributed by atoms with E-state index in [0.29, 0.717) is 26.0 Å². The molecule has 3 rings (SSSR count). The van der Waals surface area contributed by atoms with Crippen LogP contribution < -0.4 is 5.32 Å². The number of carbonyl (C=O) groups excluding carboxylic acids is 2. The minimum absolute atomic E-state index is 0.0442. The van der Waals surface area contributed by atoms with Crippen LogP contribution in [0, 0.1) is 39.0 Å². The van der Waals surface area contributed by atoms with Gasteiger partial charge in [-0.15, -0.1) is 11.3 Å². The predicted molar refractivity (Wildman–Crippen MR) is 123 cm³/mol. The summed E-state index contributed by atoms with van der Waals surface area (Å²) in [7, 11) is 0. The monoisotopic (exact) mass is 454 g/mol. The zero-order valence-corrected chi connectivity index (χ0v) is 19.6. The summed E-state index contributed by atoms with van der Waals surface area (Å²) in [6.07, 6.45) is 0. The van der Waals surface area contributed by atoms with Crippen LogP contribution in [-0.2, 0) is 9.53 Å². The molecule has 7 nitrogen and oxygen atoms in total. The van der Waals surface area contributed by atoms with Gasteiger partial charge in [-0.2, -0.15) is 5.26 Å². The third-order valence-electron chi connectivity index (χ3n) is 4.48. The molecule has 0 unspecified atom stereocenters. The number of esters is 1. The molecule has 0 atom stereocenters. The van der Waals surface area contributed by atoms with Crippen LogP contribution in [0.4, 0.5) is 5.69 Å². The Hall–Kier alpha value is -2.96. The number of thioether (sulfide) groups is 1. The fourth-order valence-corrected chi connectivity index (χ4v) is 5.30. The summed E-state index contributed by atoms with van der Waals surface area (Å²) < 4.78 is 5.18. The van der Waals surface area contributed by atoms with Gasteiger partial charge in [-0.3, -0.25) is 4.79 Å². The molecule has 0 radical (unpaired) electrons. The van der Waals surface area contributed by atoms with E-state index >= 15 is 0 Å². The molecule has 0 fully saturated rings. The van der Waals surface area contributed by atoms with E-state index in [4.69, 9.17) is 4.74 Å². The number of hydrogen-bond donors (Lipinski definition) is 1. The molecular formula is C22H22N4O3S2. The van der Waals surface area contributed by atoms with Gasteiger partial charge in [-0.05, 0) is 57.9 Å². The fraction of sp³-hybridized carbons (Fsp3) is 0.318. The van der Waals surface area contributed by atoms with Gasteiger partial charge in [0.25, 0.3) is 0 Å². The van der Waals surface area contributed by atoms with Gasteiger partial charge in [0.2, 0.25) is 5.91 Å². The van der Waals surface area contributed by atoms with Crippen LogP contribution >= 0.6 is 23.1 Å². The molecule has 1 amide bonds. The van der Waals surface area contributed by atoms with Crippen LogP contribution in [0.5, 0.6) is 0 Å². The summed E-state index contributed by atoms with van der Waals surface area (Å²) in [5.74, 6) is -0.754. The van der Waals surface area contributed by atoms with Gasteiger partial charge in [0.15, 0.2) is 0 Å². The van der Waals surface area contributed by atoms with Crippen LogP contribution in [0.15, 0.2) is 17.2 Å². The van der Waals surface area contributed by atoms with Gasteiger partial charge < -0.3 is 10.1 Å². The Bertz CT molecular complexity index is 1230. The Kier molecular flexibility index (Phi) is 6.93. The molecule has 3 aromatic rings. The van der Waals surface area contributed by atoms with E-state index in [1.54, 1.807) is 6.92 Å². The summed E-state index contributed by atoms with van der Waals surface area (Å²) in [6, 6.07) is 5.90. The Balaban J connectivity index is 1.91. The number of ether oxygens (including phenoxy) is 1. The zero-order chi connectivity index (χ0) is 22.7. The number of nitrogens with zero attached hydrogens (tertiary/aromatic N) is 3. The molecule has 3 heterocycles. The fourth-order valence-electron chi connectivity index (χ4n) is 3.25. The van der Waals surface area contributed by atoms with Crippen LogP contribution in [0.25, 0.3) is 10.2 Å². The Morgan fingerprint density at radius 1 is 1.16 bits per heavy atom. The maximum absolute atomic E-state index is 12.8. The molecule has 3 aromatic heterocycles. The molecule has 0 spiro atoms. The Morgan fingerprint density at radius 3 is 2.52 bits per heavy atom. The molecule has 0 aliphatic rings. The van der Waals surface area contributed by atoms with E-state index in [-0.39, 0.29) is 18.3 Å². The predicted octanol–water partition coefficient (Wildman–Crippen LogP) is 4.70. The number of fused-ring (bicyclic) bond motifs is 1. The van der Waals surface area contributed by atoms with E-state index in [1.165, 1.54) is 23.1 Å². The van der Waals surface area contributed by atoms with Crippen molar-refractivity contribution in [2.75, 3.05) is 17.7 Å². The highest BCUT2D eigenvalue weighted by molar-refractivity contribution is 8.00. The molecule has 0 aliphatic heterocycles. The van der Waals surface area contributed by atoms with Gasteiger partial charge in [-0.1, -0.05) is 11.8 Å². The minimum Gasteiger partial charge on any atom is -0.462 e. The maximum atomic E-state index is 12.8. The highest BCUT2D eigenvalue weighted by Gasteiger charge is 2.24. The van der Waals surface area contributed by atoms with E-state index in [9.17, 15) is 14.9 Å². The number of nitrogens with one attached hydrogen (secondary N) is 1. The second-order valence-electron chi connectivity index (χ2n) is 7.00. The lowest BCUT2D eigenvalue weighted by molar-refractivity contribution is -0.113.